The van der Waals surface area contributed by atoms with Gasteiger partial charge < -0.3 is 15.3 Å². The fraction of sp³-hybridized carbons (Fsp3) is 1.00. The van der Waals surface area contributed by atoms with Gasteiger partial charge in [-0.25, -0.2) is 0 Å². The van der Waals surface area contributed by atoms with Gasteiger partial charge in [-0.15, -0.1) is 0 Å². The Balaban J connectivity index is 3.89. The number of nitrogens with zero attached hydrogens (tertiary/aromatic N) is 1. The number of likely N-dealkylation sites (N-methyl/N-ethyl adjacent to an activating group) is 1. The van der Waals surface area contributed by atoms with E-state index in [1.54, 1.807) is 0 Å². The summed E-state index contributed by atoms with van der Waals surface area (Å²) >= 11 is 0. The summed E-state index contributed by atoms with van der Waals surface area (Å²) in [6.07, 6.45) is 4.86. The van der Waals surface area contributed by atoms with Crippen LogP contribution in [0.3, 0.4) is 0 Å². The van der Waals surface area contributed by atoms with Crippen molar-refractivity contribution in [2.24, 2.45) is 0 Å². The van der Waals surface area contributed by atoms with Gasteiger partial charge in [0.15, 0.2) is 0 Å². The molecule has 2 N–H and O–H groups in total. The Morgan fingerprint density at radius 1 is 1.31 bits per heavy atom. The predicted molar refractivity (Wildman–Crippen MR) is 70.8 cm³/mol. The number of aliphatic hydroxyl groups is 1. The van der Waals surface area contributed by atoms with Gasteiger partial charge in [-0.1, -0.05) is 26.7 Å². The van der Waals surface area contributed by atoms with E-state index in [1.807, 2.05) is 25.9 Å². The van der Waals surface area contributed by atoms with Crippen molar-refractivity contribution < 1.29 is 5.11 Å². The van der Waals surface area contributed by atoms with Crippen LogP contribution in [-0.4, -0.2) is 48.8 Å². The van der Waals surface area contributed by atoms with Gasteiger partial charge in [0.25, 0.3) is 0 Å². The lowest BCUT2D eigenvalue weighted by Crippen LogP contribution is -2.48. The van der Waals surface area contributed by atoms with Crippen LogP contribution in [-0.2, 0) is 0 Å². The van der Waals surface area contributed by atoms with Crippen molar-refractivity contribution in [2.45, 2.75) is 58.1 Å². The molecule has 0 rings (SSSR count). The average molecular weight is 230 g/mol. The highest BCUT2D eigenvalue weighted by Gasteiger charge is 2.22. The summed E-state index contributed by atoms with van der Waals surface area (Å²) in [6, 6.07) is 0.550. The molecule has 3 heteroatoms. The minimum Gasteiger partial charge on any atom is -0.388 e. The molecule has 0 heterocycles. The predicted octanol–water partition coefficient (Wildman–Crippen LogP) is 1.86. The normalized spacial score (nSPS) is 17.4. The molecule has 0 radical (unpaired) electrons. The molecule has 2 atom stereocenters. The van der Waals surface area contributed by atoms with Crippen LogP contribution < -0.4 is 5.32 Å². The molecule has 0 aliphatic heterocycles. The SMILES string of the molecule is CCCCC(CC)NCC(C)(O)CN(C)C. The first-order valence-corrected chi connectivity index (χ1v) is 6.51. The van der Waals surface area contributed by atoms with Crippen molar-refractivity contribution in [3.8, 4) is 0 Å². The second-order valence-corrected chi connectivity index (χ2v) is 5.36. The molecule has 0 saturated heterocycles. The average Bonchev–Trinajstić information content (AvgIpc) is 2.16. The van der Waals surface area contributed by atoms with Crippen LogP contribution in [0, 0.1) is 0 Å². The first kappa shape index (κ1) is 15.9. The van der Waals surface area contributed by atoms with Gasteiger partial charge in [-0.3, -0.25) is 0 Å². The van der Waals surface area contributed by atoms with Crippen molar-refractivity contribution in [3.05, 3.63) is 0 Å². The number of rotatable bonds is 9. The molecule has 0 aromatic heterocycles. The highest BCUT2D eigenvalue weighted by atomic mass is 16.3. The minimum absolute atomic E-state index is 0.550. The molecule has 0 saturated carbocycles. The van der Waals surface area contributed by atoms with E-state index in [2.05, 4.69) is 19.2 Å². The number of hydrogen-bond acceptors (Lipinski definition) is 3. The van der Waals surface area contributed by atoms with E-state index in [4.69, 9.17) is 0 Å². The number of unbranched alkanes of at least 4 members (excludes halogenated alkanes) is 1. The summed E-state index contributed by atoms with van der Waals surface area (Å²) in [5.41, 5.74) is -0.636. The lowest BCUT2D eigenvalue weighted by Gasteiger charge is -2.29. The molecule has 0 aromatic carbocycles. The zero-order chi connectivity index (χ0) is 12.6. The van der Waals surface area contributed by atoms with Crippen molar-refractivity contribution in [1.82, 2.24) is 10.2 Å². The second-order valence-electron chi connectivity index (χ2n) is 5.36. The first-order valence-electron chi connectivity index (χ1n) is 6.51. The Hall–Kier alpha value is -0.120. The van der Waals surface area contributed by atoms with Crippen LogP contribution in [0.4, 0.5) is 0 Å². The molecule has 98 valence electrons. The summed E-state index contributed by atoms with van der Waals surface area (Å²) in [6.45, 7) is 7.69. The third-order valence-corrected chi connectivity index (χ3v) is 2.83. The Morgan fingerprint density at radius 3 is 2.38 bits per heavy atom. The lowest BCUT2D eigenvalue weighted by molar-refractivity contribution is 0.0309. The number of nitrogens with one attached hydrogen (secondary N) is 1. The van der Waals surface area contributed by atoms with E-state index in [1.165, 1.54) is 19.3 Å². The van der Waals surface area contributed by atoms with Gasteiger partial charge in [0.1, 0.15) is 0 Å². The first-order chi connectivity index (χ1) is 7.41. The monoisotopic (exact) mass is 230 g/mol. The molecular formula is C13H30N2O. The highest BCUT2D eigenvalue weighted by Crippen LogP contribution is 2.07. The summed E-state index contributed by atoms with van der Waals surface area (Å²) in [7, 11) is 3.98. The smallest absolute Gasteiger partial charge is 0.0869 e. The van der Waals surface area contributed by atoms with Gasteiger partial charge in [0, 0.05) is 19.1 Å². The van der Waals surface area contributed by atoms with Gasteiger partial charge in [-0.05, 0) is 33.9 Å². The molecule has 0 spiro atoms. The van der Waals surface area contributed by atoms with E-state index < -0.39 is 5.60 Å². The molecule has 2 unspecified atom stereocenters. The fourth-order valence-electron chi connectivity index (χ4n) is 2.00. The van der Waals surface area contributed by atoms with Crippen LogP contribution in [0.1, 0.15) is 46.5 Å². The van der Waals surface area contributed by atoms with Crippen molar-refractivity contribution in [3.63, 3.8) is 0 Å². The lowest BCUT2D eigenvalue weighted by atomic mass is 10.0. The maximum Gasteiger partial charge on any atom is 0.0869 e. The van der Waals surface area contributed by atoms with E-state index in [-0.39, 0.29) is 0 Å². The van der Waals surface area contributed by atoms with E-state index >= 15 is 0 Å². The summed E-state index contributed by atoms with van der Waals surface area (Å²) < 4.78 is 0. The van der Waals surface area contributed by atoms with Gasteiger partial charge in [0.2, 0.25) is 0 Å². The largest absolute Gasteiger partial charge is 0.388 e. The van der Waals surface area contributed by atoms with Crippen LogP contribution in [0.5, 0.6) is 0 Å². The third-order valence-electron chi connectivity index (χ3n) is 2.83. The molecule has 0 bridgehead atoms. The molecule has 3 nitrogen and oxygen atoms in total. The van der Waals surface area contributed by atoms with Crippen molar-refractivity contribution in [1.29, 1.82) is 0 Å². The molecule has 0 fully saturated rings. The maximum atomic E-state index is 10.2. The quantitative estimate of drug-likeness (QED) is 0.634. The zero-order valence-corrected chi connectivity index (χ0v) is 11.7. The fourth-order valence-corrected chi connectivity index (χ4v) is 2.00. The molecule has 0 aromatic rings. The van der Waals surface area contributed by atoms with Crippen LogP contribution in [0.25, 0.3) is 0 Å². The Labute approximate surface area is 101 Å². The standard InChI is InChI=1S/C13H30N2O/c1-6-8-9-12(7-2)14-10-13(3,16)11-15(4)5/h12,14,16H,6-11H2,1-5H3. The highest BCUT2D eigenvalue weighted by molar-refractivity contribution is 4.80. The van der Waals surface area contributed by atoms with E-state index in [0.29, 0.717) is 19.1 Å². The minimum atomic E-state index is -0.636. The van der Waals surface area contributed by atoms with Crippen molar-refractivity contribution >= 4 is 0 Å². The third kappa shape index (κ3) is 8.08. The zero-order valence-electron chi connectivity index (χ0n) is 11.7. The van der Waals surface area contributed by atoms with Gasteiger partial charge >= 0.3 is 0 Å². The Morgan fingerprint density at radius 2 is 1.94 bits per heavy atom. The molecule has 16 heavy (non-hydrogen) atoms. The molecule has 0 aliphatic carbocycles. The Bertz CT molecular complexity index is 169. The van der Waals surface area contributed by atoms with Gasteiger partial charge in [-0.2, -0.15) is 0 Å². The summed E-state index contributed by atoms with van der Waals surface area (Å²) in [5.74, 6) is 0. The Kier molecular flexibility index (Phi) is 7.98. The van der Waals surface area contributed by atoms with Gasteiger partial charge in [0.05, 0.1) is 5.60 Å². The summed E-state index contributed by atoms with van der Waals surface area (Å²) in [4.78, 5) is 2.02. The van der Waals surface area contributed by atoms with Crippen LogP contribution in [0.2, 0.25) is 0 Å². The molecular weight excluding hydrogens is 200 g/mol. The van der Waals surface area contributed by atoms with Crippen LogP contribution in [0.15, 0.2) is 0 Å². The maximum absolute atomic E-state index is 10.2. The van der Waals surface area contributed by atoms with E-state index in [0.717, 1.165) is 6.42 Å². The van der Waals surface area contributed by atoms with E-state index in [9.17, 15) is 5.11 Å². The second kappa shape index (κ2) is 8.04. The molecule has 0 aliphatic rings. The topological polar surface area (TPSA) is 35.5 Å². The summed E-state index contributed by atoms with van der Waals surface area (Å²) in [5, 5.41) is 13.6. The van der Waals surface area contributed by atoms with Crippen molar-refractivity contribution in [2.75, 3.05) is 27.2 Å². The molecule has 0 amide bonds. The number of hydrogen-bond donors (Lipinski definition) is 2. The van der Waals surface area contributed by atoms with Crippen LogP contribution >= 0.6 is 0 Å².